The van der Waals surface area contributed by atoms with Crippen molar-refractivity contribution in [2.24, 2.45) is 0 Å². The molecule has 21 heavy (non-hydrogen) atoms. The molecule has 0 aliphatic rings. The third kappa shape index (κ3) is 4.35. The maximum Gasteiger partial charge on any atom is 0.323 e. The van der Waals surface area contributed by atoms with Crippen molar-refractivity contribution >= 4 is 17.4 Å². The van der Waals surface area contributed by atoms with Crippen LogP contribution in [0.25, 0.3) is 0 Å². The molecule has 0 aliphatic heterocycles. The van der Waals surface area contributed by atoms with E-state index in [1.807, 2.05) is 55.5 Å². The number of nitrogens with one attached hydrogen (secondary N) is 2. The Morgan fingerprint density at radius 2 is 1.24 bits per heavy atom. The van der Waals surface area contributed by atoms with Gasteiger partial charge in [0.1, 0.15) is 0 Å². The first-order valence-corrected chi connectivity index (χ1v) is 7.10. The highest BCUT2D eigenvalue weighted by molar-refractivity contribution is 5.99. The maximum atomic E-state index is 11.9. The van der Waals surface area contributed by atoms with Crippen LogP contribution in [0.3, 0.4) is 0 Å². The molecule has 2 aromatic rings. The van der Waals surface area contributed by atoms with E-state index in [1.54, 1.807) is 0 Å². The highest BCUT2D eigenvalue weighted by atomic mass is 16.2. The van der Waals surface area contributed by atoms with Crippen molar-refractivity contribution in [1.29, 1.82) is 0 Å². The first-order valence-electron chi connectivity index (χ1n) is 7.10. The Hall–Kier alpha value is -2.29. The van der Waals surface area contributed by atoms with Crippen LogP contribution in [0.15, 0.2) is 48.5 Å². The Labute approximate surface area is 126 Å². The molecule has 110 valence electrons. The van der Waals surface area contributed by atoms with Gasteiger partial charge in [-0.2, -0.15) is 0 Å². The molecule has 0 heterocycles. The molecular weight excluding hydrogens is 260 g/mol. The zero-order chi connectivity index (χ0) is 15.5. The Morgan fingerprint density at radius 3 is 1.67 bits per heavy atom. The molecule has 0 fully saturated rings. The Bertz CT molecular complexity index is 607. The van der Waals surface area contributed by atoms with Crippen LogP contribution in [0, 0.1) is 6.92 Å². The third-order valence-corrected chi connectivity index (χ3v) is 3.32. The first-order chi connectivity index (χ1) is 9.84. The number of anilines is 2. The van der Waals surface area contributed by atoms with Crippen molar-refractivity contribution in [3.05, 3.63) is 59.7 Å². The Morgan fingerprint density at radius 1 is 0.810 bits per heavy atom. The summed E-state index contributed by atoms with van der Waals surface area (Å²) in [5.74, 6) is 0. The summed E-state index contributed by atoms with van der Waals surface area (Å²) in [6, 6.07) is 15.4. The second kappa shape index (κ2) is 6.00. The number of carbonyl (C=O) groups is 1. The van der Waals surface area contributed by atoms with E-state index in [0.29, 0.717) is 0 Å². The normalized spacial score (nSPS) is 11.0. The minimum absolute atomic E-state index is 0.114. The van der Waals surface area contributed by atoms with Crippen LogP contribution in [-0.2, 0) is 5.41 Å². The molecule has 3 nitrogen and oxygen atoms in total. The van der Waals surface area contributed by atoms with E-state index in [1.165, 1.54) is 11.1 Å². The summed E-state index contributed by atoms with van der Waals surface area (Å²) in [4.78, 5) is 11.9. The predicted molar refractivity (Wildman–Crippen MR) is 89.0 cm³/mol. The van der Waals surface area contributed by atoms with Gasteiger partial charge in [0.25, 0.3) is 0 Å². The Kier molecular flexibility index (Phi) is 4.32. The van der Waals surface area contributed by atoms with Crippen LogP contribution in [0.1, 0.15) is 31.9 Å². The first kappa shape index (κ1) is 15.1. The van der Waals surface area contributed by atoms with Gasteiger partial charge in [0.2, 0.25) is 0 Å². The van der Waals surface area contributed by atoms with Gasteiger partial charge >= 0.3 is 6.03 Å². The lowest BCUT2D eigenvalue weighted by Crippen LogP contribution is -2.19. The molecule has 0 atom stereocenters. The summed E-state index contributed by atoms with van der Waals surface area (Å²) in [5.41, 5.74) is 4.09. The van der Waals surface area contributed by atoms with Gasteiger partial charge in [-0.05, 0) is 42.2 Å². The quantitative estimate of drug-likeness (QED) is 0.805. The maximum absolute atomic E-state index is 11.9. The fourth-order valence-corrected chi connectivity index (χ4v) is 1.98. The summed E-state index contributed by atoms with van der Waals surface area (Å²) in [6.07, 6.45) is 0. The summed E-state index contributed by atoms with van der Waals surface area (Å²) < 4.78 is 0. The minimum Gasteiger partial charge on any atom is -0.308 e. The van der Waals surface area contributed by atoms with Gasteiger partial charge in [-0.25, -0.2) is 4.79 Å². The number of rotatable bonds is 2. The fraction of sp³-hybridized carbons (Fsp3) is 0.278. The summed E-state index contributed by atoms with van der Waals surface area (Å²) in [5, 5.41) is 5.65. The van der Waals surface area contributed by atoms with Crippen LogP contribution >= 0.6 is 0 Å². The Balaban J connectivity index is 1.98. The molecular formula is C18H22N2O. The highest BCUT2D eigenvalue weighted by Crippen LogP contribution is 2.23. The van der Waals surface area contributed by atoms with Gasteiger partial charge in [0.05, 0.1) is 0 Å². The van der Waals surface area contributed by atoms with Gasteiger partial charge < -0.3 is 10.6 Å². The smallest absolute Gasteiger partial charge is 0.308 e. The van der Waals surface area contributed by atoms with Gasteiger partial charge in [0, 0.05) is 11.4 Å². The predicted octanol–water partition coefficient (Wildman–Crippen LogP) is 4.94. The highest BCUT2D eigenvalue weighted by Gasteiger charge is 2.13. The summed E-state index contributed by atoms with van der Waals surface area (Å²) >= 11 is 0. The molecule has 2 aromatic carbocycles. The lowest BCUT2D eigenvalue weighted by atomic mass is 9.87. The van der Waals surface area contributed by atoms with Gasteiger partial charge in [-0.15, -0.1) is 0 Å². The largest absolute Gasteiger partial charge is 0.323 e. The van der Waals surface area contributed by atoms with Crippen molar-refractivity contribution in [1.82, 2.24) is 0 Å². The van der Waals surface area contributed by atoms with Crippen molar-refractivity contribution in [2.45, 2.75) is 33.1 Å². The molecule has 2 rings (SSSR count). The second-order valence-electron chi connectivity index (χ2n) is 6.27. The molecule has 2 N–H and O–H groups in total. The molecule has 0 bridgehead atoms. The van der Waals surface area contributed by atoms with Crippen LogP contribution < -0.4 is 10.6 Å². The van der Waals surface area contributed by atoms with Crippen LogP contribution in [0.4, 0.5) is 16.2 Å². The lowest BCUT2D eigenvalue weighted by Gasteiger charge is -2.19. The minimum atomic E-state index is -0.234. The van der Waals surface area contributed by atoms with Crippen LogP contribution in [0.5, 0.6) is 0 Å². The second-order valence-corrected chi connectivity index (χ2v) is 6.27. The van der Waals surface area contributed by atoms with Gasteiger partial charge in [-0.3, -0.25) is 0 Å². The number of aryl methyl sites for hydroxylation is 1. The molecule has 0 unspecified atom stereocenters. The molecule has 2 amide bonds. The van der Waals surface area contributed by atoms with Gasteiger partial charge in [-0.1, -0.05) is 50.6 Å². The standard InChI is InChI=1S/C18H22N2O/c1-13-5-9-15(10-6-13)19-17(21)20-16-11-7-14(8-12-16)18(2,3)4/h5-12H,1-4H3,(H2,19,20,21). The van der Waals surface area contributed by atoms with E-state index in [2.05, 4.69) is 31.4 Å². The van der Waals surface area contributed by atoms with E-state index >= 15 is 0 Å². The third-order valence-electron chi connectivity index (χ3n) is 3.32. The molecule has 3 heteroatoms. The van der Waals surface area contributed by atoms with Gasteiger partial charge in [0.15, 0.2) is 0 Å². The van der Waals surface area contributed by atoms with Crippen LogP contribution in [-0.4, -0.2) is 6.03 Å². The van der Waals surface area contributed by atoms with Crippen molar-refractivity contribution in [2.75, 3.05) is 10.6 Å². The number of hydrogen-bond donors (Lipinski definition) is 2. The number of benzene rings is 2. The molecule has 0 saturated carbocycles. The number of carbonyl (C=O) groups excluding carboxylic acids is 1. The zero-order valence-corrected chi connectivity index (χ0v) is 13.0. The molecule has 0 saturated heterocycles. The van der Waals surface area contributed by atoms with Crippen LogP contribution in [0.2, 0.25) is 0 Å². The molecule has 0 spiro atoms. The van der Waals surface area contributed by atoms with Crippen molar-refractivity contribution in [3.8, 4) is 0 Å². The van der Waals surface area contributed by atoms with E-state index in [0.717, 1.165) is 11.4 Å². The number of urea groups is 1. The lowest BCUT2D eigenvalue weighted by molar-refractivity contribution is 0.262. The average Bonchev–Trinajstić information content (AvgIpc) is 2.41. The summed E-state index contributed by atoms with van der Waals surface area (Å²) in [6.45, 7) is 8.51. The monoisotopic (exact) mass is 282 g/mol. The van der Waals surface area contributed by atoms with E-state index in [4.69, 9.17) is 0 Å². The number of hydrogen-bond acceptors (Lipinski definition) is 1. The van der Waals surface area contributed by atoms with E-state index < -0.39 is 0 Å². The molecule has 0 aliphatic carbocycles. The summed E-state index contributed by atoms with van der Waals surface area (Å²) in [7, 11) is 0. The molecule has 0 aromatic heterocycles. The number of amides is 2. The fourth-order valence-electron chi connectivity index (χ4n) is 1.98. The van der Waals surface area contributed by atoms with Crippen molar-refractivity contribution < 1.29 is 4.79 Å². The SMILES string of the molecule is Cc1ccc(NC(=O)Nc2ccc(C(C)(C)C)cc2)cc1. The van der Waals surface area contributed by atoms with E-state index in [-0.39, 0.29) is 11.4 Å². The molecule has 0 radical (unpaired) electrons. The van der Waals surface area contributed by atoms with Crippen molar-refractivity contribution in [3.63, 3.8) is 0 Å². The van der Waals surface area contributed by atoms with E-state index in [9.17, 15) is 4.79 Å². The topological polar surface area (TPSA) is 41.1 Å². The average molecular weight is 282 g/mol. The zero-order valence-electron chi connectivity index (χ0n) is 13.0.